The number of aliphatic carboxylic acids is 1. The first-order valence-electron chi connectivity index (χ1n) is 7.09. The van der Waals surface area contributed by atoms with Crippen LogP contribution in [0.1, 0.15) is 11.1 Å². The summed E-state index contributed by atoms with van der Waals surface area (Å²) in [4.78, 5) is 23.2. The van der Waals surface area contributed by atoms with Gasteiger partial charge in [0.2, 0.25) is 5.91 Å². The van der Waals surface area contributed by atoms with Gasteiger partial charge in [0, 0.05) is 12.5 Å². The number of rotatable bonds is 6. The van der Waals surface area contributed by atoms with Crippen LogP contribution in [0.2, 0.25) is 0 Å². The fourth-order valence-electron chi connectivity index (χ4n) is 2.03. The Hall–Kier alpha value is -3.08. The number of carbonyl (C=O) groups is 2. The Balaban J connectivity index is 1.98. The Labute approximate surface area is 133 Å². The number of carboxylic acids is 1. The van der Waals surface area contributed by atoms with E-state index in [0.717, 1.165) is 11.1 Å². The normalized spacial score (nSPS) is 12.0. The first kappa shape index (κ1) is 16.3. The van der Waals surface area contributed by atoms with E-state index in [2.05, 4.69) is 5.32 Å². The van der Waals surface area contributed by atoms with Gasteiger partial charge in [-0.3, -0.25) is 4.79 Å². The van der Waals surface area contributed by atoms with Crippen LogP contribution in [-0.4, -0.2) is 28.1 Å². The monoisotopic (exact) mass is 311 g/mol. The molecule has 0 spiro atoms. The molecule has 2 rings (SSSR count). The first-order chi connectivity index (χ1) is 11.0. The van der Waals surface area contributed by atoms with Gasteiger partial charge in [-0.15, -0.1) is 0 Å². The highest BCUT2D eigenvalue weighted by Crippen LogP contribution is 2.10. The second-order valence-electron chi connectivity index (χ2n) is 5.01. The summed E-state index contributed by atoms with van der Waals surface area (Å²) >= 11 is 0. The van der Waals surface area contributed by atoms with E-state index in [4.69, 9.17) is 0 Å². The fourth-order valence-corrected chi connectivity index (χ4v) is 2.03. The first-order valence-corrected chi connectivity index (χ1v) is 7.09. The summed E-state index contributed by atoms with van der Waals surface area (Å²) < 4.78 is 0. The topological polar surface area (TPSA) is 86.6 Å². The van der Waals surface area contributed by atoms with Crippen molar-refractivity contribution in [3.8, 4) is 5.75 Å². The number of hydrogen-bond donors (Lipinski definition) is 3. The molecular formula is C18H17NO4. The molecule has 0 bridgehead atoms. The number of nitrogens with one attached hydrogen (secondary N) is 1. The molecule has 0 aliphatic heterocycles. The molecule has 5 heteroatoms. The lowest BCUT2D eigenvalue weighted by atomic mass is 10.1. The van der Waals surface area contributed by atoms with Crippen molar-refractivity contribution in [2.75, 3.05) is 0 Å². The van der Waals surface area contributed by atoms with E-state index in [0.29, 0.717) is 0 Å². The summed E-state index contributed by atoms with van der Waals surface area (Å²) in [5.41, 5.74) is 1.57. The molecule has 0 radical (unpaired) electrons. The Morgan fingerprint density at radius 3 is 2.30 bits per heavy atom. The van der Waals surface area contributed by atoms with Crippen molar-refractivity contribution >= 4 is 18.0 Å². The molecule has 0 aromatic heterocycles. The van der Waals surface area contributed by atoms with Gasteiger partial charge in [-0.25, -0.2) is 4.79 Å². The summed E-state index contributed by atoms with van der Waals surface area (Å²) in [6.45, 7) is 0. The number of carboxylic acid groups (broad SMARTS) is 1. The van der Waals surface area contributed by atoms with Crippen molar-refractivity contribution in [2.45, 2.75) is 12.5 Å². The van der Waals surface area contributed by atoms with Crippen LogP contribution in [-0.2, 0) is 16.0 Å². The average Bonchev–Trinajstić information content (AvgIpc) is 2.54. The molecule has 0 aliphatic carbocycles. The molecule has 2 aromatic carbocycles. The second-order valence-corrected chi connectivity index (χ2v) is 5.01. The zero-order valence-electron chi connectivity index (χ0n) is 12.3. The maximum Gasteiger partial charge on any atom is 0.326 e. The number of phenolic OH excluding ortho intramolecular Hbond substituents is 1. The number of benzene rings is 2. The highest BCUT2D eigenvalue weighted by molar-refractivity contribution is 5.94. The van der Waals surface area contributed by atoms with Crippen LogP contribution in [0, 0.1) is 0 Å². The third-order valence-electron chi connectivity index (χ3n) is 3.22. The molecule has 0 saturated heterocycles. The maximum absolute atomic E-state index is 11.9. The Bertz CT molecular complexity index is 693. The van der Waals surface area contributed by atoms with Crippen LogP contribution in [0.15, 0.2) is 60.7 Å². The van der Waals surface area contributed by atoms with Gasteiger partial charge in [0.05, 0.1) is 0 Å². The zero-order valence-corrected chi connectivity index (χ0v) is 12.3. The van der Waals surface area contributed by atoms with Crippen LogP contribution in [0.4, 0.5) is 0 Å². The smallest absolute Gasteiger partial charge is 0.326 e. The molecule has 0 fully saturated rings. The molecule has 0 aliphatic rings. The van der Waals surface area contributed by atoms with Gasteiger partial charge < -0.3 is 15.5 Å². The number of hydrogen-bond acceptors (Lipinski definition) is 3. The highest BCUT2D eigenvalue weighted by Gasteiger charge is 2.19. The molecular weight excluding hydrogens is 294 g/mol. The lowest BCUT2D eigenvalue weighted by Crippen LogP contribution is -2.41. The van der Waals surface area contributed by atoms with E-state index < -0.39 is 17.9 Å². The lowest BCUT2D eigenvalue weighted by molar-refractivity contribution is -0.141. The van der Waals surface area contributed by atoms with Crippen molar-refractivity contribution < 1.29 is 19.8 Å². The van der Waals surface area contributed by atoms with Crippen LogP contribution >= 0.6 is 0 Å². The van der Waals surface area contributed by atoms with E-state index in [1.807, 2.05) is 30.3 Å². The van der Waals surface area contributed by atoms with Gasteiger partial charge in [0.15, 0.2) is 0 Å². The minimum absolute atomic E-state index is 0.139. The Morgan fingerprint density at radius 1 is 1.04 bits per heavy atom. The number of amides is 1. The minimum Gasteiger partial charge on any atom is -0.508 e. The molecule has 3 N–H and O–H groups in total. The summed E-state index contributed by atoms with van der Waals surface area (Å²) in [6.07, 6.45) is 3.04. The predicted octanol–water partition coefficient (Wildman–Crippen LogP) is 2.22. The predicted molar refractivity (Wildman–Crippen MR) is 86.9 cm³/mol. The van der Waals surface area contributed by atoms with Crippen LogP contribution in [0.3, 0.4) is 0 Å². The van der Waals surface area contributed by atoms with E-state index in [1.54, 1.807) is 18.2 Å². The van der Waals surface area contributed by atoms with Crippen LogP contribution < -0.4 is 5.32 Å². The third-order valence-corrected chi connectivity index (χ3v) is 3.22. The van der Waals surface area contributed by atoms with Crippen molar-refractivity contribution in [1.29, 1.82) is 0 Å². The Morgan fingerprint density at radius 2 is 1.70 bits per heavy atom. The van der Waals surface area contributed by atoms with Crippen molar-refractivity contribution in [3.05, 3.63) is 71.8 Å². The molecule has 1 amide bonds. The summed E-state index contributed by atoms with van der Waals surface area (Å²) in [5.74, 6) is -1.43. The van der Waals surface area contributed by atoms with Gasteiger partial charge >= 0.3 is 5.97 Å². The summed E-state index contributed by atoms with van der Waals surface area (Å²) in [5, 5.41) is 20.9. The van der Waals surface area contributed by atoms with Gasteiger partial charge in [-0.1, -0.05) is 42.5 Å². The Kier molecular flexibility index (Phi) is 5.52. The number of phenols is 1. The minimum atomic E-state index is -1.08. The summed E-state index contributed by atoms with van der Waals surface area (Å²) in [7, 11) is 0. The van der Waals surface area contributed by atoms with Crippen molar-refractivity contribution in [2.24, 2.45) is 0 Å². The van der Waals surface area contributed by atoms with Gasteiger partial charge in [0.25, 0.3) is 0 Å². The third kappa shape index (κ3) is 5.32. The van der Waals surface area contributed by atoms with Crippen molar-refractivity contribution in [3.63, 3.8) is 0 Å². The van der Waals surface area contributed by atoms with E-state index in [-0.39, 0.29) is 12.2 Å². The number of carbonyl (C=O) groups excluding carboxylic acids is 1. The van der Waals surface area contributed by atoms with E-state index >= 15 is 0 Å². The summed E-state index contributed by atoms with van der Waals surface area (Å²) in [6, 6.07) is 14.4. The van der Waals surface area contributed by atoms with Gasteiger partial charge in [-0.2, -0.15) is 0 Å². The second kappa shape index (κ2) is 7.79. The van der Waals surface area contributed by atoms with E-state index in [1.165, 1.54) is 18.2 Å². The average molecular weight is 311 g/mol. The largest absolute Gasteiger partial charge is 0.508 e. The molecule has 0 saturated carbocycles. The molecule has 0 heterocycles. The fraction of sp³-hybridized carbons (Fsp3) is 0.111. The van der Waals surface area contributed by atoms with Crippen LogP contribution in [0.25, 0.3) is 6.08 Å². The quantitative estimate of drug-likeness (QED) is 0.714. The SMILES string of the molecule is O=C(/C=C/c1ccc(O)cc1)N[C@H](Cc1ccccc1)C(=O)O. The molecule has 0 unspecified atom stereocenters. The molecule has 5 nitrogen and oxygen atoms in total. The maximum atomic E-state index is 11.9. The van der Waals surface area contributed by atoms with Gasteiger partial charge in [0.1, 0.15) is 11.8 Å². The highest BCUT2D eigenvalue weighted by atomic mass is 16.4. The molecule has 1 atom stereocenters. The van der Waals surface area contributed by atoms with E-state index in [9.17, 15) is 19.8 Å². The lowest BCUT2D eigenvalue weighted by Gasteiger charge is -2.13. The zero-order chi connectivity index (χ0) is 16.7. The van der Waals surface area contributed by atoms with Crippen molar-refractivity contribution in [1.82, 2.24) is 5.32 Å². The van der Waals surface area contributed by atoms with Crippen LogP contribution in [0.5, 0.6) is 5.75 Å². The molecule has 23 heavy (non-hydrogen) atoms. The molecule has 2 aromatic rings. The standard InChI is InChI=1S/C18H17NO4/c20-15-9-6-13(7-10-15)8-11-17(21)19-16(18(22)23)12-14-4-2-1-3-5-14/h1-11,16,20H,12H2,(H,19,21)(H,22,23)/b11-8+/t16-/m1/s1. The number of aromatic hydroxyl groups is 1. The molecule has 118 valence electrons. The van der Waals surface area contributed by atoms with Gasteiger partial charge in [-0.05, 0) is 29.3 Å².